The van der Waals surface area contributed by atoms with Crippen LogP contribution in [0.2, 0.25) is 0 Å². The second kappa shape index (κ2) is 45.2. The fourth-order valence-corrected chi connectivity index (χ4v) is 17.0. The molecule has 2 atom stereocenters. The average molecular weight is 1580 g/mol. The van der Waals surface area contributed by atoms with Gasteiger partial charge in [-0.05, 0) is 185 Å². The number of nitrogens with zero attached hydrogens (tertiary/aromatic N) is 18. The van der Waals surface area contributed by atoms with Gasteiger partial charge >= 0.3 is 24.0 Å². The lowest BCUT2D eigenvalue weighted by Gasteiger charge is -2.55. The maximum absolute atomic E-state index is 9.63. The number of hydrogen-bond donors (Lipinski definition) is 4. The molecule has 9 aliphatic rings. The van der Waals surface area contributed by atoms with E-state index in [2.05, 4.69) is 149 Å². The normalized spacial score (nSPS) is 18.5. The highest BCUT2D eigenvalue weighted by atomic mass is 16.5. The van der Waals surface area contributed by atoms with Gasteiger partial charge in [-0.15, -0.1) is 0 Å². The zero-order valence-electron chi connectivity index (χ0n) is 70.7. The maximum atomic E-state index is 9.63. The van der Waals surface area contributed by atoms with Crippen molar-refractivity contribution in [3.8, 4) is 48.3 Å². The van der Waals surface area contributed by atoms with Gasteiger partial charge in [-0.2, -0.15) is 60.9 Å². The largest absolute Gasteiger partial charge is 0.463 e. The number of fused-ring (bicyclic) bond motifs is 6. The van der Waals surface area contributed by atoms with Crippen molar-refractivity contribution in [3.63, 3.8) is 0 Å². The van der Waals surface area contributed by atoms with Gasteiger partial charge in [-0.1, -0.05) is 92.9 Å². The van der Waals surface area contributed by atoms with Crippen molar-refractivity contribution in [2.45, 2.75) is 240 Å². The van der Waals surface area contributed by atoms with Crippen molar-refractivity contribution in [3.05, 3.63) is 67.3 Å². The second-order valence-electron chi connectivity index (χ2n) is 32.8. The number of allylic oxidation sites excluding steroid dienone is 8. The Labute approximate surface area is 685 Å². The minimum Gasteiger partial charge on any atom is -0.463 e. The van der Waals surface area contributed by atoms with Crippen LogP contribution in [-0.2, 0) is 30.4 Å². The zero-order valence-corrected chi connectivity index (χ0v) is 70.7. The standard InChI is InChI=1S/C23H34N6O.C22H34N6O.C22H31N5O2.C21H33N5O/c1-3-4-10-30-23-26-21-19(16(13-24)11-20(21)22(25)27-23)8-6-5-7-9-29-15-17-12-18(29)14-28(17)2;1-3-4-14-29-22-25-20-18(17(16-23)15-19(20)21(24)26-22)8-6-5-7-9-28-12-10-27(2)11-13-28;1-2-3-9-29-21-25-19-17(16(11-23)10-18(19)20(24)26-21)7-5-4-6-8-27-12-22(13-27)14-28-15-22;1-4-7-13-27-21-24-19-17(11-9-8-10-12-26(5-2)6-3)16(15-22)14-18(19)20(23)25-21/h17-18H,3-12,14-15H2,1-2H3,(H2,25,26,27);3-15H2,1-2H3,(H2,24,25,26);2-10,12-15H2,1H3,(H2,24,25,26);4-14H2,1-3H3,(H2,23,24,25). The van der Waals surface area contributed by atoms with Gasteiger partial charge in [-0.3, -0.25) is 4.90 Å². The molecule has 0 saturated carbocycles. The third-order valence-corrected chi connectivity index (χ3v) is 24.2. The van der Waals surface area contributed by atoms with E-state index in [1.165, 1.54) is 104 Å². The van der Waals surface area contributed by atoms with Crippen LogP contribution in [0.5, 0.6) is 24.0 Å². The molecule has 0 aromatic carbocycles. The molecule has 1 spiro atoms. The third-order valence-electron chi connectivity index (χ3n) is 24.2. The first-order valence-corrected chi connectivity index (χ1v) is 43.5. The van der Waals surface area contributed by atoms with Crippen molar-refractivity contribution in [1.82, 2.24) is 69.3 Å². The monoisotopic (exact) mass is 1580 g/mol. The van der Waals surface area contributed by atoms with Crippen molar-refractivity contribution in [2.75, 3.05) is 168 Å². The highest BCUT2D eigenvalue weighted by molar-refractivity contribution is 5.83. The number of unbranched alkanes of at least 4 members (excludes halogenated alkanes) is 12. The average Bonchev–Trinajstić information content (AvgIpc) is 1.74. The number of nitriles is 4. The molecule has 27 heteroatoms. The predicted molar refractivity (Wildman–Crippen MR) is 454 cm³/mol. The van der Waals surface area contributed by atoms with Gasteiger partial charge < -0.3 is 71.1 Å². The fraction of sp³-hybridized carbons (Fsp3) is 0.682. The SMILES string of the molecule is CCCCOc1nc(N)c2c(n1)C(CCCCCN(CC)CC)=C(C#N)C2.CCCCOc1nc(N)c2c(n1)C(CCCCCN1CC3(COC3)C1)=C(C#N)C2.CCCCOc1nc(N)c2c(n1)C(CCCCCN1CC3CC1CN3C)=C(C#N)C2.CCCCOc1nc(N)c2c(n1)C(CCCCCN1CCN(C)CC1)=C(C#N)C2. The van der Waals surface area contributed by atoms with Gasteiger partial charge in [0.05, 0.1) is 86.7 Å². The molecule has 5 saturated heterocycles. The predicted octanol–water partition coefficient (Wildman–Crippen LogP) is 12.8. The maximum Gasteiger partial charge on any atom is 0.318 e. The lowest BCUT2D eigenvalue weighted by molar-refractivity contribution is -0.188. The molecule has 4 aliphatic carbocycles. The molecular weight excluding hydrogens is 1450 g/mol. The topological polar surface area (TPSA) is 368 Å². The number of likely N-dealkylation sites (tertiary alicyclic amines) is 3. The van der Waals surface area contributed by atoms with E-state index in [1.54, 1.807) is 0 Å². The number of anilines is 4. The fourth-order valence-electron chi connectivity index (χ4n) is 17.0. The number of piperazine rings is 2. The van der Waals surface area contributed by atoms with E-state index in [0.717, 1.165) is 263 Å². The molecule has 115 heavy (non-hydrogen) atoms. The van der Waals surface area contributed by atoms with Gasteiger partial charge in [0.2, 0.25) is 0 Å². The number of hydrogen-bond acceptors (Lipinski definition) is 27. The van der Waals surface area contributed by atoms with E-state index < -0.39 is 0 Å². The smallest absolute Gasteiger partial charge is 0.318 e. The summed E-state index contributed by atoms with van der Waals surface area (Å²) >= 11 is 0. The van der Waals surface area contributed by atoms with E-state index in [9.17, 15) is 21.0 Å². The number of rotatable bonds is 42. The number of ether oxygens (including phenoxy) is 5. The molecule has 2 unspecified atom stereocenters. The zero-order chi connectivity index (χ0) is 81.6. The number of nitrogen functional groups attached to an aromatic ring is 4. The molecule has 2 bridgehead atoms. The van der Waals surface area contributed by atoms with Gasteiger partial charge in [0.25, 0.3) is 0 Å². The van der Waals surface area contributed by atoms with Crippen LogP contribution < -0.4 is 41.9 Å². The summed E-state index contributed by atoms with van der Waals surface area (Å²) < 4.78 is 28.0. The van der Waals surface area contributed by atoms with Crippen molar-refractivity contribution < 1.29 is 23.7 Å². The molecule has 624 valence electrons. The molecule has 4 aromatic rings. The summed E-state index contributed by atoms with van der Waals surface area (Å²) in [6.45, 7) is 33.5. The van der Waals surface area contributed by atoms with Crippen LogP contribution in [0.1, 0.15) is 247 Å². The van der Waals surface area contributed by atoms with Crippen molar-refractivity contribution in [2.24, 2.45) is 5.41 Å². The molecule has 5 fully saturated rings. The first-order valence-electron chi connectivity index (χ1n) is 43.5. The van der Waals surface area contributed by atoms with Crippen molar-refractivity contribution >= 4 is 45.6 Å². The Morgan fingerprint density at radius 2 is 0.765 bits per heavy atom. The van der Waals surface area contributed by atoms with Crippen LogP contribution >= 0.6 is 0 Å². The molecule has 5 aliphatic heterocycles. The molecule has 8 N–H and O–H groups in total. The number of aromatic nitrogens is 8. The van der Waals surface area contributed by atoms with E-state index in [4.69, 9.17) is 46.6 Å². The Morgan fingerprint density at radius 3 is 1.07 bits per heavy atom. The first kappa shape index (κ1) is 88.7. The van der Waals surface area contributed by atoms with Crippen LogP contribution in [0.4, 0.5) is 23.3 Å². The molecule has 9 heterocycles. The minimum atomic E-state index is 0.331. The summed E-state index contributed by atoms with van der Waals surface area (Å²) in [5.41, 5.74) is 39.2. The highest BCUT2D eigenvalue weighted by Crippen LogP contribution is 2.43. The van der Waals surface area contributed by atoms with E-state index in [-0.39, 0.29) is 0 Å². The lowest BCUT2D eigenvalue weighted by atomic mass is 9.78. The lowest BCUT2D eigenvalue weighted by Crippen LogP contribution is -2.65. The van der Waals surface area contributed by atoms with Crippen LogP contribution in [0.3, 0.4) is 0 Å². The van der Waals surface area contributed by atoms with E-state index in [0.29, 0.717) is 105 Å². The summed E-state index contributed by atoms with van der Waals surface area (Å²) in [6.07, 6.45) is 28.7. The molecule has 13 rings (SSSR count). The molecule has 0 amide bonds. The first-order chi connectivity index (χ1) is 56.0. The summed E-state index contributed by atoms with van der Waals surface area (Å²) in [4.78, 5) is 50.6. The van der Waals surface area contributed by atoms with Gasteiger partial charge in [-0.25, -0.2) is 0 Å². The minimum absolute atomic E-state index is 0.331. The Bertz CT molecular complexity index is 4160. The Morgan fingerprint density at radius 1 is 0.417 bits per heavy atom. The molecule has 4 aromatic heterocycles. The summed E-state index contributed by atoms with van der Waals surface area (Å²) in [7, 11) is 4.44. The van der Waals surface area contributed by atoms with Crippen molar-refractivity contribution in [1.29, 1.82) is 21.0 Å². The Kier molecular flexibility index (Phi) is 34.9. The molecule has 0 radical (unpaired) electrons. The quantitative estimate of drug-likeness (QED) is 0.0299. The van der Waals surface area contributed by atoms with E-state index >= 15 is 0 Å². The summed E-state index contributed by atoms with van der Waals surface area (Å²) in [5.74, 6) is 1.77. The third kappa shape index (κ3) is 24.3. The van der Waals surface area contributed by atoms with Gasteiger partial charge in [0, 0.05) is 140 Å². The van der Waals surface area contributed by atoms with Crippen LogP contribution in [0, 0.1) is 50.7 Å². The van der Waals surface area contributed by atoms with E-state index in [1.807, 2.05) is 0 Å². The second-order valence-corrected chi connectivity index (χ2v) is 32.8. The summed E-state index contributed by atoms with van der Waals surface area (Å²) in [6, 6.07) is 12.3. The molecular formula is C88H132N22O5. The van der Waals surface area contributed by atoms with Crippen LogP contribution in [-0.4, -0.2) is 227 Å². The van der Waals surface area contributed by atoms with Gasteiger partial charge in [0.15, 0.2) is 0 Å². The van der Waals surface area contributed by atoms with Gasteiger partial charge in [0.1, 0.15) is 23.3 Å². The highest BCUT2D eigenvalue weighted by Gasteiger charge is 2.48. The Balaban J connectivity index is 0.000000162. The Hall–Kier alpha value is -8.64. The van der Waals surface area contributed by atoms with Crippen LogP contribution in [0.15, 0.2) is 22.3 Å². The molecule has 27 nitrogen and oxygen atoms in total. The van der Waals surface area contributed by atoms with Crippen LogP contribution in [0.25, 0.3) is 22.3 Å². The summed E-state index contributed by atoms with van der Waals surface area (Å²) in [5, 5.41) is 38.4. The number of likely N-dealkylation sites (N-methyl/N-ethyl adjacent to an activating group) is 2. The number of nitrogens with two attached hydrogens (primary N) is 4.